The van der Waals surface area contributed by atoms with E-state index < -0.39 is 0 Å². The highest BCUT2D eigenvalue weighted by molar-refractivity contribution is 6.03. The normalized spacial score (nSPS) is 17.6. The maximum atomic E-state index is 3.57. The average Bonchev–Trinajstić information content (AvgIpc) is 2.92. The van der Waals surface area contributed by atoms with Gasteiger partial charge in [-0.2, -0.15) is 0 Å². The molecule has 6 nitrogen and oxygen atoms in total. The largest absolute Gasteiger partial charge is 0.378 e. The summed E-state index contributed by atoms with van der Waals surface area (Å²) < 4.78 is 2.14. The first-order chi connectivity index (χ1) is 18.5. The Labute approximate surface area is 229 Å². The van der Waals surface area contributed by atoms with Gasteiger partial charge in [-0.3, -0.25) is 4.90 Å². The van der Waals surface area contributed by atoms with E-state index in [9.17, 15) is 0 Å². The van der Waals surface area contributed by atoms with Crippen LogP contribution < -0.4 is 20.9 Å². The number of nitrogens with one attached hydrogen (secondary N) is 3. The van der Waals surface area contributed by atoms with Crippen LogP contribution in [0.5, 0.6) is 0 Å². The van der Waals surface area contributed by atoms with E-state index in [1.54, 1.807) is 0 Å². The van der Waals surface area contributed by atoms with Crippen molar-refractivity contribution in [3.05, 3.63) is 95.1 Å². The zero-order valence-electron chi connectivity index (χ0n) is 23.6. The number of anilines is 1. The monoisotopic (exact) mass is 513 g/mol. The molecular weight excluding hydrogens is 468 g/mol. The summed E-state index contributed by atoms with van der Waals surface area (Å²) in [6.07, 6.45) is 8.88. The zero-order chi connectivity index (χ0) is 26.7. The van der Waals surface area contributed by atoms with Crippen LogP contribution in [-0.2, 0) is 6.54 Å². The van der Waals surface area contributed by atoms with Crippen LogP contribution in [0.2, 0.25) is 0 Å². The van der Waals surface area contributed by atoms with Crippen molar-refractivity contribution in [2.45, 2.75) is 6.54 Å². The molecule has 0 aromatic heterocycles. The molecule has 0 spiro atoms. The van der Waals surface area contributed by atoms with Crippen molar-refractivity contribution in [1.82, 2.24) is 20.9 Å². The number of allylic oxidation sites excluding steroid dienone is 5. The van der Waals surface area contributed by atoms with Crippen molar-refractivity contribution in [3.63, 3.8) is 0 Å². The molecule has 2 aromatic carbocycles. The van der Waals surface area contributed by atoms with Crippen LogP contribution >= 0.6 is 0 Å². The van der Waals surface area contributed by atoms with Gasteiger partial charge < -0.3 is 20.9 Å². The lowest BCUT2D eigenvalue weighted by Gasteiger charge is -2.24. The third kappa shape index (κ3) is 7.98. The lowest BCUT2D eigenvalue weighted by Crippen LogP contribution is -2.41. The predicted octanol–water partition coefficient (Wildman–Crippen LogP) is 2.98. The first-order valence-electron chi connectivity index (χ1n) is 13.9. The molecule has 2 aromatic rings. The molecule has 0 atom stereocenters. The molecular formula is C32H45N6+. The molecule has 2 aliphatic rings. The van der Waals surface area contributed by atoms with Gasteiger partial charge in [-0.1, -0.05) is 36.4 Å². The highest BCUT2D eigenvalue weighted by Crippen LogP contribution is 2.31. The molecule has 0 saturated carbocycles. The fourth-order valence-corrected chi connectivity index (χ4v) is 4.86. The van der Waals surface area contributed by atoms with Gasteiger partial charge in [-0.15, -0.1) is 0 Å². The Kier molecular flexibility index (Phi) is 10.5. The molecule has 1 fully saturated rings. The van der Waals surface area contributed by atoms with Crippen LogP contribution in [0.15, 0.2) is 78.4 Å². The van der Waals surface area contributed by atoms with Crippen LogP contribution in [0, 0.1) is 0 Å². The van der Waals surface area contributed by atoms with Crippen molar-refractivity contribution < 1.29 is 4.58 Å². The van der Waals surface area contributed by atoms with Crippen molar-refractivity contribution in [3.8, 4) is 0 Å². The van der Waals surface area contributed by atoms with Crippen LogP contribution in [0.4, 0.5) is 5.69 Å². The number of rotatable bonds is 5. The van der Waals surface area contributed by atoms with E-state index in [4.69, 9.17) is 0 Å². The molecule has 3 N–H and O–H groups in total. The molecule has 1 saturated heterocycles. The smallest absolute Gasteiger partial charge is 0.199 e. The fraction of sp³-hybridized carbons (Fsp3) is 0.406. The third-order valence-electron chi connectivity index (χ3n) is 7.16. The van der Waals surface area contributed by atoms with Gasteiger partial charge >= 0.3 is 0 Å². The van der Waals surface area contributed by atoms with Crippen LogP contribution in [0.25, 0.3) is 5.57 Å². The van der Waals surface area contributed by atoms with E-state index in [0.29, 0.717) is 0 Å². The molecule has 4 rings (SSSR count). The van der Waals surface area contributed by atoms with Gasteiger partial charge in [0.05, 0.1) is 0 Å². The number of nitrogens with zero attached hydrogens (tertiary/aromatic N) is 3. The molecule has 202 valence electrons. The molecule has 0 unspecified atom stereocenters. The van der Waals surface area contributed by atoms with Crippen molar-refractivity contribution in [2.24, 2.45) is 0 Å². The predicted molar refractivity (Wildman–Crippen MR) is 163 cm³/mol. The molecule has 1 heterocycles. The quantitative estimate of drug-likeness (QED) is 0.537. The molecule has 0 amide bonds. The third-order valence-corrected chi connectivity index (χ3v) is 7.16. The summed E-state index contributed by atoms with van der Waals surface area (Å²) in [6.45, 7) is 9.20. The summed E-state index contributed by atoms with van der Waals surface area (Å²) in [5.74, 6) is 0. The Hall–Kier alpha value is -3.03. The van der Waals surface area contributed by atoms with Crippen LogP contribution in [0.3, 0.4) is 0 Å². The lowest BCUT2D eigenvalue weighted by atomic mass is 9.90. The van der Waals surface area contributed by atoms with Crippen molar-refractivity contribution in [2.75, 3.05) is 85.4 Å². The SMILES string of the molecule is CN(C)c1ccc(C(=C2C=CC(=[N+](C)C)C=C2)c2ccc(CN3CCNCCNCCNCC3)cc2)cc1. The Bertz CT molecular complexity index is 1120. The van der Waals surface area contributed by atoms with Gasteiger partial charge in [0, 0.05) is 90.8 Å². The summed E-state index contributed by atoms with van der Waals surface area (Å²) in [4.78, 5) is 4.69. The Morgan fingerprint density at radius 2 is 1.21 bits per heavy atom. The van der Waals surface area contributed by atoms with Crippen molar-refractivity contribution >= 4 is 17.0 Å². The van der Waals surface area contributed by atoms with Crippen molar-refractivity contribution in [1.29, 1.82) is 0 Å². The van der Waals surface area contributed by atoms with Gasteiger partial charge in [0.15, 0.2) is 5.71 Å². The number of hydrogen-bond acceptors (Lipinski definition) is 5. The number of hydrogen-bond donors (Lipinski definition) is 3. The first kappa shape index (κ1) is 28.0. The fourth-order valence-electron chi connectivity index (χ4n) is 4.86. The second-order valence-corrected chi connectivity index (χ2v) is 10.5. The molecule has 6 heteroatoms. The minimum Gasteiger partial charge on any atom is -0.378 e. The maximum absolute atomic E-state index is 3.57. The summed E-state index contributed by atoms with van der Waals surface area (Å²) in [5, 5.41) is 10.6. The van der Waals surface area contributed by atoms with Crippen LogP contribution in [-0.4, -0.2) is 95.7 Å². The van der Waals surface area contributed by atoms with E-state index in [1.165, 1.54) is 39.2 Å². The number of benzene rings is 2. The van der Waals surface area contributed by atoms with E-state index in [0.717, 1.165) is 58.9 Å². The topological polar surface area (TPSA) is 45.6 Å². The van der Waals surface area contributed by atoms with E-state index >= 15 is 0 Å². The highest BCUT2D eigenvalue weighted by Gasteiger charge is 2.14. The zero-order valence-corrected chi connectivity index (χ0v) is 23.6. The van der Waals surface area contributed by atoms with Gasteiger partial charge in [-0.05, 0) is 52.1 Å². The summed E-state index contributed by atoms with van der Waals surface area (Å²) in [6, 6.07) is 18.1. The molecule has 38 heavy (non-hydrogen) atoms. The van der Waals surface area contributed by atoms with E-state index in [-0.39, 0.29) is 0 Å². The van der Waals surface area contributed by atoms with E-state index in [2.05, 4.69) is 131 Å². The summed E-state index contributed by atoms with van der Waals surface area (Å²) >= 11 is 0. The lowest BCUT2D eigenvalue weighted by molar-refractivity contribution is -0.462. The second kappa shape index (κ2) is 14.2. The standard InChI is InChI=1S/C32H45N6/c1-36(2)30-13-9-28(10-14-30)32(29-11-15-31(16-12-29)37(3)4)27-7-5-26(6-8-27)25-38-23-21-34-19-17-33-18-20-35-22-24-38/h5-16,33-35H,17-25H2,1-4H3/q+1. The average molecular weight is 514 g/mol. The van der Waals surface area contributed by atoms with Gasteiger partial charge in [-0.25, -0.2) is 4.58 Å². The van der Waals surface area contributed by atoms with Gasteiger partial charge in [0.25, 0.3) is 0 Å². The van der Waals surface area contributed by atoms with Crippen LogP contribution in [0.1, 0.15) is 16.7 Å². The van der Waals surface area contributed by atoms with Gasteiger partial charge in [0.2, 0.25) is 0 Å². The summed E-state index contributed by atoms with van der Waals surface area (Å²) in [7, 11) is 8.33. The van der Waals surface area contributed by atoms with Gasteiger partial charge in [0.1, 0.15) is 14.1 Å². The minimum atomic E-state index is 0.965. The molecule has 1 aliphatic heterocycles. The Balaban J connectivity index is 1.57. The van der Waals surface area contributed by atoms with E-state index in [1.807, 2.05) is 0 Å². The second-order valence-electron chi connectivity index (χ2n) is 10.5. The minimum absolute atomic E-state index is 0.965. The maximum Gasteiger partial charge on any atom is 0.199 e. The first-order valence-corrected chi connectivity index (χ1v) is 13.9. The Morgan fingerprint density at radius 3 is 1.71 bits per heavy atom. The highest BCUT2D eigenvalue weighted by atomic mass is 15.2. The molecule has 1 aliphatic carbocycles. The molecule has 0 radical (unpaired) electrons. The Morgan fingerprint density at radius 1 is 0.711 bits per heavy atom. The summed E-state index contributed by atoms with van der Waals surface area (Å²) in [5.41, 5.74) is 8.74. The molecule has 0 bridgehead atoms.